The average Bonchev–Trinajstić information content (AvgIpc) is 3.08. The highest BCUT2D eigenvalue weighted by Crippen LogP contribution is 2.44. The van der Waals surface area contributed by atoms with Crippen LogP contribution in [0.4, 0.5) is 0 Å². The molecular formula is C20H24N4O4. The summed E-state index contributed by atoms with van der Waals surface area (Å²) in [7, 11) is 1.59. The minimum atomic E-state index is -0.447. The van der Waals surface area contributed by atoms with E-state index < -0.39 is 5.92 Å². The first kappa shape index (κ1) is 19.6. The monoisotopic (exact) mass is 384 g/mol. The second kappa shape index (κ2) is 8.67. The predicted molar refractivity (Wildman–Crippen MR) is 102 cm³/mol. The number of nitrogens with two attached hydrogens (primary N) is 1. The van der Waals surface area contributed by atoms with Gasteiger partial charge in [-0.3, -0.25) is 5.10 Å². The van der Waals surface area contributed by atoms with E-state index in [1.54, 1.807) is 7.11 Å². The Morgan fingerprint density at radius 2 is 2.11 bits per heavy atom. The van der Waals surface area contributed by atoms with E-state index in [9.17, 15) is 5.26 Å². The van der Waals surface area contributed by atoms with Gasteiger partial charge in [-0.05, 0) is 31.0 Å². The third-order valence-corrected chi connectivity index (χ3v) is 4.37. The molecule has 2 aromatic rings. The smallest absolute Gasteiger partial charge is 0.244 e. The number of hydrogen-bond acceptors (Lipinski definition) is 7. The second-order valence-corrected chi connectivity index (χ2v) is 6.27. The lowest BCUT2D eigenvalue weighted by Crippen LogP contribution is -2.21. The summed E-state index contributed by atoms with van der Waals surface area (Å²) in [5.41, 5.74) is 8.61. The number of nitriles is 1. The molecule has 0 bridgehead atoms. The van der Waals surface area contributed by atoms with Crippen molar-refractivity contribution in [3.63, 3.8) is 0 Å². The molecule has 0 amide bonds. The van der Waals surface area contributed by atoms with Crippen LogP contribution in [0.25, 0.3) is 0 Å². The Hall–Kier alpha value is -3.18. The number of H-pyrrole nitrogens is 1. The fraction of sp³-hybridized carbons (Fsp3) is 0.400. The van der Waals surface area contributed by atoms with Crippen LogP contribution >= 0.6 is 0 Å². The van der Waals surface area contributed by atoms with E-state index in [1.165, 1.54) is 0 Å². The molecule has 28 heavy (non-hydrogen) atoms. The van der Waals surface area contributed by atoms with Crippen molar-refractivity contribution in [3.05, 3.63) is 46.5 Å². The molecule has 8 nitrogen and oxygen atoms in total. The van der Waals surface area contributed by atoms with Crippen molar-refractivity contribution in [2.45, 2.75) is 32.8 Å². The first-order valence-electron chi connectivity index (χ1n) is 9.17. The summed E-state index contributed by atoms with van der Waals surface area (Å²) in [4.78, 5) is 0. The van der Waals surface area contributed by atoms with E-state index in [1.807, 2.05) is 32.0 Å². The van der Waals surface area contributed by atoms with Gasteiger partial charge in [0.25, 0.3) is 0 Å². The molecule has 0 saturated carbocycles. The van der Waals surface area contributed by atoms with Gasteiger partial charge in [0.2, 0.25) is 11.8 Å². The van der Waals surface area contributed by atoms with E-state index in [2.05, 4.69) is 16.3 Å². The summed E-state index contributed by atoms with van der Waals surface area (Å²) < 4.78 is 22.4. The molecule has 0 aliphatic carbocycles. The number of aromatic nitrogens is 2. The molecule has 1 atom stereocenters. The molecule has 2 heterocycles. The lowest BCUT2D eigenvalue weighted by Gasteiger charge is -2.24. The summed E-state index contributed by atoms with van der Waals surface area (Å²) >= 11 is 0. The number of methoxy groups -OCH3 is 1. The number of allylic oxidation sites excluding steroid dienone is 1. The maximum absolute atomic E-state index is 9.73. The van der Waals surface area contributed by atoms with Gasteiger partial charge in [0.05, 0.1) is 37.0 Å². The Morgan fingerprint density at radius 3 is 2.79 bits per heavy atom. The van der Waals surface area contributed by atoms with E-state index in [0.29, 0.717) is 42.8 Å². The fourth-order valence-corrected chi connectivity index (χ4v) is 3.20. The van der Waals surface area contributed by atoms with Gasteiger partial charge in [-0.1, -0.05) is 13.0 Å². The quantitative estimate of drug-likeness (QED) is 0.719. The standard InChI is InChI=1S/C20H24N4O4/c1-4-8-27-15-7-6-12(9-16(15)26-5-2)17-13(10-21)19(22)28-20-18(17)14(11-25-3)23-24-20/h6-7,9,17H,4-5,8,11,22H2,1-3H3,(H,23,24)/t17-/m1/s1. The van der Waals surface area contributed by atoms with Gasteiger partial charge in [0.1, 0.15) is 11.6 Å². The third kappa shape index (κ3) is 3.62. The Bertz CT molecular complexity index is 913. The van der Waals surface area contributed by atoms with Crippen LogP contribution in [-0.2, 0) is 11.3 Å². The molecule has 3 rings (SSSR count). The topological polar surface area (TPSA) is 115 Å². The SMILES string of the molecule is CCCOc1ccc([C@@H]2C(C#N)=C(N)Oc3n[nH]c(COC)c32)cc1OCC. The Morgan fingerprint density at radius 1 is 1.29 bits per heavy atom. The molecule has 0 spiro atoms. The zero-order valence-electron chi connectivity index (χ0n) is 16.2. The summed E-state index contributed by atoms with van der Waals surface area (Å²) in [5.74, 6) is 1.23. The number of rotatable bonds is 8. The van der Waals surface area contributed by atoms with E-state index in [-0.39, 0.29) is 5.88 Å². The van der Waals surface area contributed by atoms with Crippen LogP contribution in [0.3, 0.4) is 0 Å². The fourth-order valence-electron chi connectivity index (χ4n) is 3.20. The largest absolute Gasteiger partial charge is 0.490 e. The van der Waals surface area contributed by atoms with Crippen molar-refractivity contribution >= 4 is 0 Å². The van der Waals surface area contributed by atoms with Gasteiger partial charge in [-0.15, -0.1) is 5.10 Å². The molecule has 0 fully saturated rings. The minimum Gasteiger partial charge on any atom is -0.490 e. The normalized spacial score (nSPS) is 15.6. The highest BCUT2D eigenvalue weighted by Gasteiger charge is 2.35. The van der Waals surface area contributed by atoms with Crippen molar-refractivity contribution in [1.82, 2.24) is 10.2 Å². The number of benzene rings is 1. The predicted octanol–water partition coefficient (Wildman–Crippen LogP) is 2.96. The molecule has 8 heteroatoms. The lowest BCUT2D eigenvalue weighted by molar-refractivity contribution is 0.180. The number of ether oxygens (including phenoxy) is 4. The number of hydrogen-bond donors (Lipinski definition) is 2. The van der Waals surface area contributed by atoms with Crippen molar-refractivity contribution in [2.75, 3.05) is 20.3 Å². The van der Waals surface area contributed by atoms with E-state index in [4.69, 9.17) is 24.7 Å². The third-order valence-electron chi connectivity index (χ3n) is 4.37. The van der Waals surface area contributed by atoms with Gasteiger partial charge in [0.15, 0.2) is 11.5 Å². The number of aromatic amines is 1. The van der Waals surface area contributed by atoms with Crippen LogP contribution in [0.15, 0.2) is 29.7 Å². The number of nitrogens with zero attached hydrogens (tertiary/aromatic N) is 2. The Kier molecular flexibility index (Phi) is 6.06. The molecule has 1 aromatic carbocycles. The van der Waals surface area contributed by atoms with E-state index in [0.717, 1.165) is 23.2 Å². The molecule has 3 N–H and O–H groups in total. The lowest BCUT2D eigenvalue weighted by atomic mass is 9.84. The molecule has 0 saturated heterocycles. The first-order valence-corrected chi connectivity index (χ1v) is 9.17. The van der Waals surface area contributed by atoms with Gasteiger partial charge < -0.3 is 24.7 Å². The van der Waals surface area contributed by atoms with Crippen LogP contribution in [0, 0.1) is 11.3 Å². The maximum atomic E-state index is 9.73. The Balaban J connectivity index is 2.12. The summed E-state index contributed by atoms with van der Waals surface area (Å²) in [5, 5.41) is 16.8. The highest BCUT2D eigenvalue weighted by molar-refractivity contribution is 5.57. The number of nitrogens with one attached hydrogen (secondary N) is 1. The van der Waals surface area contributed by atoms with Gasteiger partial charge in [-0.2, -0.15) is 5.26 Å². The van der Waals surface area contributed by atoms with Gasteiger partial charge in [0, 0.05) is 7.11 Å². The van der Waals surface area contributed by atoms with Crippen LogP contribution < -0.4 is 19.9 Å². The Labute approximate surface area is 163 Å². The zero-order chi connectivity index (χ0) is 20.1. The molecule has 148 valence electrons. The van der Waals surface area contributed by atoms with Gasteiger partial charge >= 0.3 is 0 Å². The number of fused-ring (bicyclic) bond motifs is 1. The molecule has 1 aliphatic heterocycles. The minimum absolute atomic E-state index is 0.0414. The van der Waals surface area contributed by atoms with Crippen molar-refractivity contribution < 1.29 is 18.9 Å². The van der Waals surface area contributed by atoms with Crippen LogP contribution in [0.1, 0.15) is 43.0 Å². The highest BCUT2D eigenvalue weighted by atomic mass is 16.5. The molecule has 0 radical (unpaired) electrons. The van der Waals surface area contributed by atoms with E-state index >= 15 is 0 Å². The second-order valence-electron chi connectivity index (χ2n) is 6.27. The first-order chi connectivity index (χ1) is 13.6. The summed E-state index contributed by atoms with van der Waals surface area (Å²) in [6.45, 7) is 5.35. The average molecular weight is 384 g/mol. The maximum Gasteiger partial charge on any atom is 0.244 e. The van der Waals surface area contributed by atoms with Crippen molar-refractivity contribution in [2.24, 2.45) is 5.73 Å². The molecular weight excluding hydrogens is 360 g/mol. The van der Waals surface area contributed by atoms with Crippen LogP contribution in [-0.4, -0.2) is 30.5 Å². The van der Waals surface area contributed by atoms with Gasteiger partial charge in [-0.25, -0.2) is 0 Å². The van der Waals surface area contributed by atoms with Crippen molar-refractivity contribution in [3.8, 4) is 23.4 Å². The zero-order valence-corrected chi connectivity index (χ0v) is 16.2. The van der Waals surface area contributed by atoms with Crippen LogP contribution in [0.2, 0.25) is 0 Å². The summed E-state index contributed by atoms with van der Waals surface area (Å²) in [6, 6.07) is 7.81. The van der Waals surface area contributed by atoms with Crippen LogP contribution in [0.5, 0.6) is 17.4 Å². The molecule has 1 aliphatic rings. The van der Waals surface area contributed by atoms with Crippen molar-refractivity contribution in [1.29, 1.82) is 5.26 Å². The summed E-state index contributed by atoms with van der Waals surface area (Å²) in [6.07, 6.45) is 0.893. The molecule has 1 aromatic heterocycles. The molecule has 0 unspecified atom stereocenters.